The van der Waals surface area contributed by atoms with Crippen LogP contribution in [-0.2, 0) is 0 Å². The van der Waals surface area contributed by atoms with Crippen LogP contribution >= 0.6 is 0 Å². The van der Waals surface area contributed by atoms with Gasteiger partial charge in [0.05, 0.1) is 7.11 Å². The molecule has 0 unspecified atom stereocenters. The Bertz CT molecular complexity index is 953. The number of aromatic nitrogens is 1. The number of benzene rings is 2. The second-order valence-corrected chi connectivity index (χ2v) is 4.95. The van der Waals surface area contributed by atoms with E-state index in [1.807, 2.05) is 66.9 Å². The maximum absolute atomic E-state index is 9.36. The average molecular weight is 299 g/mol. The summed E-state index contributed by atoms with van der Waals surface area (Å²) in [5.41, 5.74) is 3.26. The number of nitrogens with zero attached hydrogens (tertiary/aromatic N) is 2. The van der Waals surface area contributed by atoms with Gasteiger partial charge in [-0.15, -0.1) is 0 Å². The van der Waals surface area contributed by atoms with Crippen molar-refractivity contribution >= 4 is 16.5 Å². The van der Waals surface area contributed by atoms with Gasteiger partial charge in [-0.05, 0) is 23.8 Å². The Morgan fingerprint density at radius 2 is 1.78 bits per heavy atom. The first kappa shape index (κ1) is 14.4. The van der Waals surface area contributed by atoms with Crippen LogP contribution in [0.4, 0.5) is 0 Å². The van der Waals surface area contributed by atoms with Crippen molar-refractivity contribution in [2.75, 3.05) is 7.11 Å². The van der Waals surface area contributed by atoms with Gasteiger partial charge in [-0.3, -0.25) is 0 Å². The SMILES string of the molecule is COc1ccc2[nH]cc(C(=C(C#N)C#N)c3ccccc3)c2c1. The van der Waals surface area contributed by atoms with Crippen LogP contribution in [0.3, 0.4) is 0 Å². The average Bonchev–Trinajstić information content (AvgIpc) is 3.02. The zero-order chi connectivity index (χ0) is 16.2. The van der Waals surface area contributed by atoms with E-state index in [0.29, 0.717) is 5.57 Å². The molecule has 1 N–H and O–H groups in total. The third-order valence-electron chi connectivity index (χ3n) is 3.69. The Kier molecular flexibility index (Phi) is 3.82. The minimum absolute atomic E-state index is 0.0833. The highest BCUT2D eigenvalue weighted by Gasteiger charge is 2.16. The van der Waals surface area contributed by atoms with Crippen molar-refractivity contribution < 1.29 is 4.74 Å². The van der Waals surface area contributed by atoms with E-state index in [2.05, 4.69) is 4.98 Å². The van der Waals surface area contributed by atoms with Crippen LogP contribution in [-0.4, -0.2) is 12.1 Å². The number of fused-ring (bicyclic) bond motifs is 1. The monoisotopic (exact) mass is 299 g/mol. The summed E-state index contributed by atoms with van der Waals surface area (Å²) >= 11 is 0. The predicted molar refractivity (Wildman–Crippen MR) is 88.5 cm³/mol. The van der Waals surface area contributed by atoms with Gasteiger partial charge in [-0.1, -0.05) is 30.3 Å². The summed E-state index contributed by atoms with van der Waals surface area (Å²) in [6, 6.07) is 19.1. The largest absolute Gasteiger partial charge is 0.497 e. The summed E-state index contributed by atoms with van der Waals surface area (Å²) in [7, 11) is 1.61. The Balaban J connectivity index is 2.34. The summed E-state index contributed by atoms with van der Waals surface area (Å²) in [6.07, 6.45) is 1.82. The van der Waals surface area contributed by atoms with E-state index < -0.39 is 0 Å². The fourth-order valence-electron chi connectivity index (χ4n) is 2.61. The van der Waals surface area contributed by atoms with E-state index in [9.17, 15) is 10.5 Å². The first-order chi connectivity index (χ1) is 11.3. The van der Waals surface area contributed by atoms with E-state index in [-0.39, 0.29) is 5.57 Å². The topological polar surface area (TPSA) is 72.6 Å². The quantitative estimate of drug-likeness (QED) is 0.742. The zero-order valence-corrected chi connectivity index (χ0v) is 12.5. The van der Waals surface area contributed by atoms with Gasteiger partial charge >= 0.3 is 0 Å². The lowest BCUT2D eigenvalue weighted by molar-refractivity contribution is 0.415. The fraction of sp³-hybridized carbons (Fsp3) is 0.0526. The maximum atomic E-state index is 9.36. The van der Waals surface area contributed by atoms with Crippen LogP contribution in [0.15, 0.2) is 60.3 Å². The molecule has 0 spiro atoms. The highest BCUT2D eigenvalue weighted by Crippen LogP contribution is 2.33. The number of H-pyrrole nitrogens is 1. The summed E-state index contributed by atoms with van der Waals surface area (Å²) < 4.78 is 5.29. The van der Waals surface area contributed by atoms with Gasteiger partial charge in [-0.25, -0.2) is 0 Å². The van der Waals surface area contributed by atoms with Crippen molar-refractivity contribution in [2.45, 2.75) is 0 Å². The molecule has 0 radical (unpaired) electrons. The number of hydrogen-bond acceptors (Lipinski definition) is 3. The number of nitriles is 2. The van der Waals surface area contributed by atoms with Gasteiger partial charge in [-0.2, -0.15) is 10.5 Å². The molecule has 0 amide bonds. The lowest BCUT2D eigenvalue weighted by Gasteiger charge is -2.08. The molecular formula is C19H13N3O. The number of allylic oxidation sites excluding steroid dienone is 1. The Labute approximate surface area is 133 Å². The standard InChI is InChI=1S/C19H13N3O/c1-23-15-7-8-18-16(9-15)17(12-22-18)19(14(10-20)11-21)13-5-3-2-4-6-13/h2-9,12,22H,1H3. The maximum Gasteiger partial charge on any atom is 0.138 e. The third-order valence-corrected chi connectivity index (χ3v) is 3.69. The van der Waals surface area contributed by atoms with Crippen molar-refractivity contribution in [2.24, 2.45) is 0 Å². The van der Waals surface area contributed by atoms with E-state index in [1.54, 1.807) is 7.11 Å². The lowest BCUT2D eigenvalue weighted by atomic mass is 9.93. The molecule has 0 fully saturated rings. The molecule has 1 aromatic heterocycles. The summed E-state index contributed by atoms with van der Waals surface area (Å²) in [6.45, 7) is 0. The molecule has 0 atom stereocenters. The van der Waals surface area contributed by atoms with E-state index in [4.69, 9.17) is 4.74 Å². The Hall–Kier alpha value is -3.50. The van der Waals surface area contributed by atoms with Gasteiger partial charge in [0.1, 0.15) is 23.5 Å². The van der Waals surface area contributed by atoms with Gasteiger partial charge in [0.25, 0.3) is 0 Å². The minimum Gasteiger partial charge on any atom is -0.497 e. The molecule has 0 saturated carbocycles. The Morgan fingerprint density at radius 3 is 2.43 bits per heavy atom. The van der Waals surface area contributed by atoms with E-state index in [0.717, 1.165) is 27.8 Å². The normalized spacial score (nSPS) is 9.87. The molecule has 110 valence electrons. The van der Waals surface area contributed by atoms with Crippen molar-refractivity contribution in [3.63, 3.8) is 0 Å². The lowest BCUT2D eigenvalue weighted by Crippen LogP contribution is -1.92. The van der Waals surface area contributed by atoms with Crippen LogP contribution < -0.4 is 4.74 Å². The molecule has 1 heterocycles. The number of methoxy groups -OCH3 is 1. The summed E-state index contributed by atoms with van der Waals surface area (Å²) in [4.78, 5) is 3.18. The van der Waals surface area contributed by atoms with Crippen molar-refractivity contribution in [3.05, 3.63) is 71.4 Å². The van der Waals surface area contributed by atoms with Gasteiger partial charge in [0, 0.05) is 28.2 Å². The first-order valence-corrected chi connectivity index (χ1v) is 7.04. The molecular weight excluding hydrogens is 286 g/mol. The number of aromatic amines is 1. The highest BCUT2D eigenvalue weighted by atomic mass is 16.5. The van der Waals surface area contributed by atoms with Gasteiger partial charge < -0.3 is 9.72 Å². The Morgan fingerprint density at radius 1 is 1.04 bits per heavy atom. The minimum atomic E-state index is 0.0833. The van der Waals surface area contributed by atoms with Crippen molar-refractivity contribution in [1.29, 1.82) is 10.5 Å². The molecule has 3 aromatic rings. The second kappa shape index (κ2) is 6.09. The number of nitrogens with one attached hydrogen (secondary N) is 1. The van der Waals surface area contributed by atoms with Crippen LogP contribution in [0.2, 0.25) is 0 Å². The molecule has 4 nitrogen and oxygen atoms in total. The molecule has 2 aromatic carbocycles. The molecule has 0 aliphatic heterocycles. The molecule has 3 rings (SSSR count). The van der Waals surface area contributed by atoms with Gasteiger partial charge in [0.15, 0.2) is 0 Å². The molecule has 23 heavy (non-hydrogen) atoms. The van der Waals surface area contributed by atoms with Crippen LogP contribution in [0, 0.1) is 22.7 Å². The third kappa shape index (κ3) is 2.54. The van der Waals surface area contributed by atoms with E-state index >= 15 is 0 Å². The summed E-state index contributed by atoms with van der Waals surface area (Å²) in [5, 5.41) is 19.6. The molecule has 0 bridgehead atoms. The predicted octanol–water partition coefficient (Wildman–Crippen LogP) is 4.03. The van der Waals surface area contributed by atoms with Crippen LogP contribution in [0.25, 0.3) is 16.5 Å². The zero-order valence-electron chi connectivity index (χ0n) is 12.5. The first-order valence-electron chi connectivity index (χ1n) is 7.04. The molecule has 0 aliphatic rings. The van der Waals surface area contributed by atoms with Gasteiger partial charge in [0.2, 0.25) is 0 Å². The summed E-state index contributed by atoms with van der Waals surface area (Å²) in [5.74, 6) is 0.723. The molecule has 4 heteroatoms. The van der Waals surface area contributed by atoms with E-state index in [1.165, 1.54) is 0 Å². The fourth-order valence-corrected chi connectivity index (χ4v) is 2.61. The molecule has 0 aliphatic carbocycles. The molecule has 0 saturated heterocycles. The second-order valence-electron chi connectivity index (χ2n) is 4.95. The number of hydrogen-bond donors (Lipinski definition) is 1. The van der Waals surface area contributed by atoms with Crippen LogP contribution in [0.5, 0.6) is 5.75 Å². The van der Waals surface area contributed by atoms with Crippen molar-refractivity contribution in [1.82, 2.24) is 4.98 Å². The number of ether oxygens (including phenoxy) is 1. The van der Waals surface area contributed by atoms with Crippen LogP contribution in [0.1, 0.15) is 11.1 Å². The highest BCUT2D eigenvalue weighted by molar-refractivity contribution is 6.00. The number of rotatable bonds is 3. The van der Waals surface area contributed by atoms with Crippen molar-refractivity contribution in [3.8, 4) is 17.9 Å². The smallest absolute Gasteiger partial charge is 0.138 e.